The average Bonchev–Trinajstić information content (AvgIpc) is 2.83. The van der Waals surface area contributed by atoms with E-state index in [0.29, 0.717) is 17.4 Å². The zero-order valence-corrected chi connectivity index (χ0v) is 13.4. The summed E-state index contributed by atoms with van der Waals surface area (Å²) >= 11 is 0. The summed E-state index contributed by atoms with van der Waals surface area (Å²) in [6.07, 6.45) is 9.03. The van der Waals surface area contributed by atoms with E-state index in [9.17, 15) is 4.79 Å². The lowest BCUT2D eigenvalue weighted by atomic mass is 9.68. The zero-order chi connectivity index (χ0) is 14.5. The first kappa shape index (κ1) is 14.2. The van der Waals surface area contributed by atoms with E-state index in [2.05, 4.69) is 26.8 Å². The molecule has 4 atom stereocenters. The molecule has 0 saturated heterocycles. The Hall–Kier alpha value is -0.790. The van der Waals surface area contributed by atoms with Gasteiger partial charge in [-0.2, -0.15) is 0 Å². The van der Waals surface area contributed by atoms with Crippen LogP contribution in [0.4, 0.5) is 0 Å². The summed E-state index contributed by atoms with van der Waals surface area (Å²) in [7, 11) is 0. The molecule has 2 nitrogen and oxygen atoms in total. The molecular weight excluding hydrogens is 248 g/mol. The minimum absolute atomic E-state index is 0.171. The van der Waals surface area contributed by atoms with Crippen LogP contribution in [0.2, 0.25) is 0 Å². The van der Waals surface area contributed by atoms with Gasteiger partial charge in [0.25, 0.3) is 0 Å². The van der Waals surface area contributed by atoms with Crippen LogP contribution < -0.4 is 0 Å². The highest BCUT2D eigenvalue weighted by molar-refractivity contribution is 5.66. The number of carbonyl (C=O) groups excluding carboxylic acids is 1. The van der Waals surface area contributed by atoms with E-state index in [0.717, 1.165) is 17.8 Å². The summed E-state index contributed by atoms with van der Waals surface area (Å²) in [5.74, 6) is 2.28. The summed E-state index contributed by atoms with van der Waals surface area (Å²) < 4.78 is 5.17. The van der Waals surface area contributed by atoms with Gasteiger partial charge >= 0.3 is 5.97 Å². The highest BCUT2D eigenvalue weighted by atomic mass is 16.5. The lowest BCUT2D eigenvalue weighted by Crippen LogP contribution is -2.28. The first-order valence-electron chi connectivity index (χ1n) is 8.20. The molecule has 3 aliphatic carbocycles. The van der Waals surface area contributed by atoms with Gasteiger partial charge in [-0.25, -0.2) is 0 Å². The molecule has 3 fully saturated rings. The van der Waals surface area contributed by atoms with E-state index in [1.807, 2.05) is 0 Å². The summed E-state index contributed by atoms with van der Waals surface area (Å²) in [5.41, 5.74) is 2.47. The van der Waals surface area contributed by atoms with E-state index in [1.165, 1.54) is 39.0 Å². The van der Waals surface area contributed by atoms with Crippen LogP contribution in [-0.4, -0.2) is 12.6 Å². The molecule has 20 heavy (non-hydrogen) atoms. The van der Waals surface area contributed by atoms with Crippen LogP contribution in [0, 0.1) is 28.6 Å². The summed E-state index contributed by atoms with van der Waals surface area (Å²) in [5, 5.41) is 0. The third-order valence-electron chi connectivity index (χ3n) is 6.54. The van der Waals surface area contributed by atoms with E-state index in [4.69, 9.17) is 4.74 Å². The molecule has 0 heterocycles. The molecule has 0 aromatic carbocycles. The predicted molar refractivity (Wildman–Crippen MR) is 80.2 cm³/mol. The topological polar surface area (TPSA) is 26.3 Å². The van der Waals surface area contributed by atoms with Crippen molar-refractivity contribution in [2.24, 2.45) is 28.6 Å². The molecule has 0 N–H and O–H groups in total. The summed E-state index contributed by atoms with van der Waals surface area (Å²) in [4.78, 5) is 11.0. The highest BCUT2D eigenvalue weighted by Crippen LogP contribution is 2.70. The smallest absolute Gasteiger partial charge is 0.302 e. The van der Waals surface area contributed by atoms with Crippen molar-refractivity contribution in [3.05, 3.63) is 11.6 Å². The first-order chi connectivity index (χ1) is 9.36. The van der Waals surface area contributed by atoms with Crippen molar-refractivity contribution in [1.29, 1.82) is 0 Å². The van der Waals surface area contributed by atoms with Crippen molar-refractivity contribution < 1.29 is 9.53 Å². The Kier molecular flexibility index (Phi) is 3.26. The summed E-state index contributed by atoms with van der Waals surface area (Å²) in [6.45, 7) is 9.39. The Labute approximate surface area is 123 Å². The normalized spacial score (nSPS) is 43.6. The van der Waals surface area contributed by atoms with Crippen molar-refractivity contribution in [2.75, 3.05) is 6.61 Å². The van der Waals surface area contributed by atoms with Gasteiger partial charge < -0.3 is 4.74 Å². The van der Waals surface area contributed by atoms with Crippen molar-refractivity contribution in [1.82, 2.24) is 0 Å². The molecule has 0 radical (unpaired) electrons. The number of hydrogen-bond acceptors (Lipinski definition) is 2. The number of esters is 1. The molecule has 4 unspecified atom stereocenters. The number of rotatable bonds is 2. The largest absolute Gasteiger partial charge is 0.462 e. The van der Waals surface area contributed by atoms with Crippen LogP contribution in [0.15, 0.2) is 11.6 Å². The standard InChI is InChI=1S/C18H28O2/c1-12(19)20-11-8-14-13-6-7-15-16(13)17(2,3)9-5-10-18(14,15)4/h8,13,15-16H,5-7,9-11H2,1-4H3/b14-8+. The minimum Gasteiger partial charge on any atom is -0.462 e. The molecule has 0 spiro atoms. The monoisotopic (exact) mass is 276 g/mol. The molecular formula is C18H28O2. The van der Waals surface area contributed by atoms with Gasteiger partial charge in [0.15, 0.2) is 0 Å². The fourth-order valence-electron chi connectivity index (χ4n) is 5.83. The highest BCUT2D eigenvalue weighted by Gasteiger charge is 2.62. The van der Waals surface area contributed by atoms with Crippen LogP contribution in [-0.2, 0) is 9.53 Å². The maximum Gasteiger partial charge on any atom is 0.302 e. The van der Waals surface area contributed by atoms with Gasteiger partial charge in [0.1, 0.15) is 6.61 Å². The van der Waals surface area contributed by atoms with E-state index < -0.39 is 0 Å². The molecule has 0 aliphatic heterocycles. The molecule has 112 valence electrons. The van der Waals surface area contributed by atoms with Gasteiger partial charge in [-0.1, -0.05) is 32.8 Å². The predicted octanol–water partition coefficient (Wildman–Crippen LogP) is 4.35. The van der Waals surface area contributed by atoms with Gasteiger partial charge in [0, 0.05) is 6.92 Å². The molecule has 0 amide bonds. The summed E-state index contributed by atoms with van der Waals surface area (Å²) in [6, 6.07) is 0. The third kappa shape index (κ3) is 1.95. The van der Waals surface area contributed by atoms with Crippen molar-refractivity contribution >= 4 is 5.97 Å². The SMILES string of the molecule is CC(=O)OC/C=C1\C2CCC3C2C(C)(C)CCCC13C. The quantitative estimate of drug-likeness (QED) is 0.553. The Morgan fingerprint density at radius 3 is 2.75 bits per heavy atom. The van der Waals surface area contributed by atoms with Gasteiger partial charge in [-0.15, -0.1) is 0 Å². The molecule has 4 bridgehead atoms. The number of carbonyl (C=O) groups is 1. The fourth-order valence-corrected chi connectivity index (χ4v) is 5.83. The van der Waals surface area contributed by atoms with Crippen LogP contribution in [0.25, 0.3) is 0 Å². The van der Waals surface area contributed by atoms with Crippen molar-refractivity contribution in [3.8, 4) is 0 Å². The van der Waals surface area contributed by atoms with Crippen LogP contribution in [0.1, 0.15) is 59.8 Å². The number of ether oxygens (including phenoxy) is 1. The second kappa shape index (κ2) is 4.61. The lowest BCUT2D eigenvalue weighted by Gasteiger charge is -2.36. The molecule has 3 aliphatic rings. The Bertz CT molecular complexity index is 448. The van der Waals surface area contributed by atoms with E-state index in [1.54, 1.807) is 5.57 Å². The van der Waals surface area contributed by atoms with Crippen LogP contribution in [0.5, 0.6) is 0 Å². The van der Waals surface area contributed by atoms with E-state index in [-0.39, 0.29) is 5.97 Å². The third-order valence-corrected chi connectivity index (χ3v) is 6.54. The van der Waals surface area contributed by atoms with Gasteiger partial charge in [-0.05, 0) is 60.3 Å². The van der Waals surface area contributed by atoms with Crippen LogP contribution >= 0.6 is 0 Å². The minimum atomic E-state index is -0.171. The Morgan fingerprint density at radius 2 is 2.05 bits per heavy atom. The first-order valence-corrected chi connectivity index (χ1v) is 8.20. The molecule has 0 aromatic rings. The number of hydrogen-bond donors (Lipinski definition) is 0. The van der Waals surface area contributed by atoms with Crippen LogP contribution in [0.3, 0.4) is 0 Å². The molecule has 3 saturated carbocycles. The van der Waals surface area contributed by atoms with Gasteiger partial charge in [0.05, 0.1) is 0 Å². The average molecular weight is 276 g/mol. The maximum absolute atomic E-state index is 11.0. The molecule has 3 rings (SSSR count). The Balaban J connectivity index is 1.92. The van der Waals surface area contributed by atoms with Gasteiger partial charge in [0.2, 0.25) is 0 Å². The maximum atomic E-state index is 11.0. The van der Waals surface area contributed by atoms with Crippen molar-refractivity contribution in [3.63, 3.8) is 0 Å². The van der Waals surface area contributed by atoms with E-state index >= 15 is 0 Å². The van der Waals surface area contributed by atoms with Gasteiger partial charge in [-0.3, -0.25) is 4.79 Å². The fraction of sp³-hybridized carbons (Fsp3) is 0.833. The van der Waals surface area contributed by atoms with Crippen molar-refractivity contribution in [2.45, 2.75) is 59.8 Å². The second-order valence-corrected chi connectivity index (χ2v) is 8.04. The number of allylic oxidation sites excluding steroid dienone is 1. The zero-order valence-electron chi connectivity index (χ0n) is 13.4. The Morgan fingerprint density at radius 1 is 1.30 bits per heavy atom. The molecule has 2 heteroatoms. The molecule has 0 aromatic heterocycles. The lowest BCUT2D eigenvalue weighted by molar-refractivity contribution is -0.139. The second-order valence-electron chi connectivity index (χ2n) is 8.04.